The van der Waals surface area contributed by atoms with Crippen molar-refractivity contribution in [1.82, 2.24) is 19.3 Å². The average molecular weight is 485 g/mol. The van der Waals surface area contributed by atoms with Crippen LogP contribution in [0.5, 0.6) is 5.88 Å². The molecule has 2 aliphatic heterocycles. The third-order valence-electron chi connectivity index (χ3n) is 6.24. The Bertz CT molecular complexity index is 1200. The lowest BCUT2D eigenvalue weighted by molar-refractivity contribution is -0.0490. The lowest BCUT2D eigenvalue weighted by Crippen LogP contribution is -2.48. The number of aromatic nitrogens is 3. The summed E-state index contributed by atoms with van der Waals surface area (Å²) in [5.74, 6) is 0.548. The number of hydrogen-bond donors (Lipinski definition) is 0. The zero-order valence-electron chi connectivity index (χ0n) is 19.7. The first-order valence-electron chi connectivity index (χ1n) is 11.6. The molecular weight excluding hydrogens is 456 g/mol. The van der Waals surface area contributed by atoms with Crippen LogP contribution < -0.4 is 4.74 Å². The first kappa shape index (κ1) is 22.9. The molecule has 2 aliphatic rings. The molecular formula is C25H29ClN4O4. The summed E-state index contributed by atoms with van der Waals surface area (Å²) in [6, 6.07) is 9.39. The normalized spacial score (nSPS) is 20.1. The van der Waals surface area contributed by atoms with Gasteiger partial charge in [0, 0.05) is 31.8 Å². The van der Waals surface area contributed by atoms with Crippen molar-refractivity contribution in [1.29, 1.82) is 0 Å². The monoisotopic (exact) mass is 484 g/mol. The Hall–Kier alpha value is -2.84. The Kier molecular flexibility index (Phi) is 5.90. The number of piperidine rings is 1. The zero-order chi connectivity index (χ0) is 23.9. The van der Waals surface area contributed by atoms with Gasteiger partial charge in [-0.05, 0) is 51.8 Å². The summed E-state index contributed by atoms with van der Waals surface area (Å²) in [7, 11) is 0. The van der Waals surface area contributed by atoms with E-state index in [-0.39, 0.29) is 17.8 Å². The molecule has 3 aromatic rings. The van der Waals surface area contributed by atoms with Crippen molar-refractivity contribution < 1.29 is 19.0 Å². The number of nitrogens with zero attached hydrogens (tertiary/aromatic N) is 4. The van der Waals surface area contributed by atoms with Crippen molar-refractivity contribution in [3.05, 3.63) is 47.7 Å². The summed E-state index contributed by atoms with van der Waals surface area (Å²) >= 11 is 6.17. The lowest BCUT2D eigenvalue weighted by Gasteiger charge is -2.38. The van der Waals surface area contributed by atoms with Gasteiger partial charge in [0.25, 0.3) is 0 Å². The number of rotatable bonds is 3. The van der Waals surface area contributed by atoms with E-state index in [1.165, 1.54) is 0 Å². The Balaban J connectivity index is 1.22. The molecule has 34 heavy (non-hydrogen) atoms. The maximum atomic E-state index is 12.4. The highest BCUT2D eigenvalue weighted by molar-refractivity contribution is 6.30. The fourth-order valence-electron chi connectivity index (χ4n) is 4.59. The van der Waals surface area contributed by atoms with Gasteiger partial charge < -0.3 is 19.1 Å². The molecule has 1 unspecified atom stereocenters. The highest BCUT2D eigenvalue weighted by Crippen LogP contribution is 2.37. The standard InChI is InChI=1S/C25H29ClN4O4/c1-24(2,3)34-23(31)29-11-9-25(10-12-29)13-18(16-32-25)33-22-6-4-5-19(28-22)20-14-27-21-8-7-17(26)15-30(20)21/h4-8,14-15,18H,9-13,16H2,1-3H3. The van der Waals surface area contributed by atoms with Crippen LogP contribution in [-0.4, -0.2) is 62.4 Å². The molecule has 0 aromatic carbocycles. The van der Waals surface area contributed by atoms with Crippen LogP contribution in [0.4, 0.5) is 4.79 Å². The van der Waals surface area contributed by atoms with E-state index in [2.05, 4.69) is 4.98 Å². The van der Waals surface area contributed by atoms with E-state index < -0.39 is 5.60 Å². The number of hydrogen-bond acceptors (Lipinski definition) is 6. The number of imidazole rings is 1. The first-order valence-corrected chi connectivity index (χ1v) is 12.0. The van der Waals surface area contributed by atoms with Crippen molar-refractivity contribution in [2.75, 3.05) is 19.7 Å². The minimum atomic E-state index is -0.494. The molecule has 180 valence electrons. The molecule has 2 saturated heterocycles. The molecule has 9 heteroatoms. The van der Waals surface area contributed by atoms with Gasteiger partial charge >= 0.3 is 6.09 Å². The van der Waals surface area contributed by atoms with Gasteiger partial charge in [-0.15, -0.1) is 0 Å². The molecule has 0 bridgehead atoms. The van der Waals surface area contributed by atoms with Crippen LogP contribution in [-0.2, 0) is 9.47 Å². The van der Waals surface area contributed by atoms with Crippen molar-refractivity contribution in [3.63, 3.8) is 0 Å². The minimum Gasteiger partial charge on any atom is -0.472 e. The van der Waals surface area contributed by atoms with E-state index in [1.807, 2.05) is 61.7 Å². The van der Waals surface area contributed by atoms with E-state index in [1.54, 1.807) is 11.1 Å². The number of likely N-dealkylation sites (tertiary alicyclic amines) is 1. The van der Waals surface area contributed by atoms with Gasteiger partial charge in [-0.3, -0.25) is 4.40 Å². The van der Waals surface area contributed by atoms with Gasteiger partial charge in [0.05, 0.1) is 34.8 Å². The van der Waals surface area contributed by atoms with Crippen LogP contribution in [0, 0.1) is 0 Å². The number of halogens is 1. The molecule has 8 nitrogen and oxygen atoms in total. The smallest absolute Gasteiger partial charge is 0.410 e. The van der Waals surface area contributed by atoms with Crippen molar-refractivity contribution in [3.8, 4) is 17.3 Å². The number of carbonyl (C=O) groups excluding carboxylic acids is 1. The van der Waals surface area contributed by atoms with Gasteiger partial charge in [0.15, 0.2) is 0 Å². The first-order chi connectivity index (χ1) is 16.2. The van der Waals surface area contributed by atoms with Crippen LogP contribution in [0.25, 0.3) is 17.0 Å². The second-order valence-corrected chi connectivity index (χ2v) is 10.4. The summed E-state index contributed by atoms with van der Waals surface area (Å²) in [5, 5.41) is 0.630. The Labute approximate surface area is 203 Å². The summed E-state index contributed by atoms with van der Waals surface area (Å²) in [6.07, 6.45) is 5.56. The minimum absolute atomic E-state index is 0.0903. The average Bonchev–Trinajstić information content (AvgIpc) is 3.37. The summed E-state index contributed by atoms with van der Waals surface area (Å²) in [5.41, 5.74) is 1.64. The van der Waals surface area contributed by atoms with Gasteiger partial charge in [-0.25, -0.2) is 14.8 Å². The molecule has 0 saturated carbocycles. The second kappa shape index (κ2) is 8.74. The molecule has 0 aliphatic carbocycles. The van der Waals surface area contributed by atoms with E-state index in [0.717, 1.165) is 36.3 Å². The van der Waals surface area contributed by atoms with E-state index >= 15 is 0 Å². The van der Waals surface area contributed by atoms with Crippen LogP contribution in [0.2, 0.25) is 5.02 Å². The number of fused-ring (bicyclic) bond motifs is 1. The van der Waals surface area contributed by atoms with E-state index in [4.69, 9.17) is 30.8 Å². The molecule has 1 atom stereocenters. The molecule has 3 aromatic heterocycles. The predicted molar refractivity (Wildman–Crippen MR) is 128 cm³/mol. The van der Waals surface area contributed by atoms with Gasteiger partial charge in [-0.1, -0.05) is 17.7 Å². The Morgan fingerprint density at radius 1 is 1.21 bits per heavy atom. The lowest BCUT2D eigenvalue weighted by atomic mass is 9.88. The maximum Gasteiger partial charge on any atom is 0.410 e. The molecule has 5 rings (SSSR count). The van der Waals surface area contributed by atoms with Crippen molar-refractivity contribution in [2.45, 2.75) is 57.3 Å². The molecule has 0 N–H and O–H groups in total. The van der Waals surface area contributed by atoms with E-state index in [9.17, 15) is 4.79 Å². The summed E-state index contributed by atoms with van der Waals surface area (Å²) in [4.78, 5) is 23.3. The number of carbonyl (C=O) groups is 1. The highest BCUT2D eigenvalue weighted by atomic mass is 35.5. The Morgan fingerprint density at radius 2 is 2.00 bits per heavy atom. The van der Waals surface area contributed by atoms with E-state index in [0.29, 0.717) is 30.6 Å². The fraction of sp³-hybridized carbons (Fsp3) is 0.480. The van der Waals surface area contributed by atoms with Crippen molar-refractivity contribution in [2.24, 2.45) is 0 Å². The van der Waals surface area contributed by atoms with Gasteiger partial charge in [0.2, 0.25) is 5.88 Å². The zero-order valence-corrected chi connectivity index (χ0v) is 20.4. The molecule has 2 fully saturated rings. The summed E-state index contributed by atoms with van der Waals surface area (Å²) in [6.45, 7) is 7.38. The van der Waals surface area contributed by atoms with Gasteiger partial charge in [0.1, 0.15) is 17.4 Å². The largest absolute Gasteiger partial charge is 0.472 e. The molecule has 0 radical (unpaired) electrons. The quantitative estimate of drug-likeness (QED) is 0.521. The van der Waals surface area contributed by atoms with Crippen LogP contribution >= 0.6 is 11.6 Å². The summed E-state index contributed by atoms with van der Waals surface area (Å²) < 4.78 is 19.8. The van der Waals surface area contributed by atoms with Crippen molar-refractivity contribution >= 4 is 23.3 Å². The van der Waals surface area contributed by atoms with Crippen LogP contribution in [0.15, 0.2) is 42.7 Å². The SMILES string of the molecule is CC(C)(C)OC(=O)N1CCC2(CC1)CC(Oc1cccc(-c3cnc4ccc(Cl)cn34)n1)CO2. The number of pyridine rings is 2. The topological polar surface area (TPSA) is 78.2 Å². The highest BCUT2D eigenvalue weighted by Gasteiger charge is 2.45. The van der Waals surface area contributed by atoms with Crippen LogP contribution in [0.1, 0.15) is 40.0 Å². The molecule has 5 heterocycles. The van der Waals surface area contributed by atoms with Crippen LogP contribution in [0.3, 0.4) is 0 Å². The predicted octanol–water partition coefficient (Wildman–Crippen LogP) is 4.99. The molecule has 1 amide bonds. The maximum absolute atomic E-state index is 12.4. The molecule has 1 spiro atoms. The van der Waals surface area contributed by atoms with Gasteiger partial charge in [-0.2, -0.15) is 0 Å². The number of amides is 1. The third-order valence-corrected chi connectivity index (χ3v) is 6.47. The number of ether oxygens (including phenoxy) is 3. The Morgan fingerprint density at radius 3 is 2.76 bits per heavy atom. The second-order valence-electron chi connectivity index (χ2n) is 9.99. The third kappa shape index (κ3) is 4.83. The fourth-order valence-corrected chi connectivity index (χ4v) is 4.75.